The Hall–Kier alpha value is -2.56. The van der Waals surface area contributed by atoms with Crippen molar-refractivity contribution in [1.29, 1.82) is 0 Å². The summed E-state index contributed by atoms with van der Waals surface area (Å²) in [7, 11) is 0. The molecule has 0 saturated carbocycles. The van der Waals surface area contributed by atoms with Gasteiger partial charge in [0.2, 0.25) is 0 Å². The highest BCUT2D eigenvalue weighted by Crippen LogP contribution is 2.34. The molecule has 0 saturated heterocycles. The number of aromatic nitrogens is 4. The number of rotatable bonds is 3. The normalized spacial score (nSPS) is 12.7. The average molecular weight is 411 g/mol. The molecule has 3 rings (SSSR count). The molecule has 0 unspecified atom stereocenters. The summed E-state index contributed by atoms with van der Waals surface area (Å²) >= 11 is 5.77. The second-order valence-electron chi connectivity index (χ2n) is 5.57. The van der Waals surface area contributed by atoms with Crippen LogP contribution in [0.25, 0.3) is 16.8 Å². The van der Waals surface area contributed by atoms with Crippen molar-refractivity contribution < 1.29 is 26.3 Å². The van der Waals surface area contributed by atoms with Crippen LogP contribution in [-0.2, 0) is 12.7 Å². The van der Waals surface area contributed by atoms with E-state index in [1.807, 2.05) is 0 Å². The standard InChI is InChI=1S/C15H9ClF6N4O/c16-9-1-2-10-24-12(15(20,21)22)11(13(27)26(10)7-9)8-5-23-25(6-8)4-3-14(17,18)19/h1-2,5-7H,3-4H2. The Morgan fingerprint density at radius 3 is 2.41 bits per heavy atom. The number of nitrogens with zero attached hydrogens (tertiary/aromatic N) is 4. The minimum Gasteiger partial charge on any atom is -0.272 e. The van der Waals surface area contributed by atoms with Crippen molar-refractivity contribution in [2.45, 2.75) is 25.3 Å². The summed E-state index contributed by atoms with van der Waals surface area (Å²) in [4.78, 5) is 16.1. The molecule has 3 aromatic rings. The van der Waals surface area contributed by atoms with E-state index < -0.39 is 42.1 Å². The molecule has 12 heteroatoms. The third kappa shape index (κ3) is 4.07. The van der Waals surface area contributed by atoms with Gasteiger partial charge in [0.15, 0.2) is 5.69 Å². The molecule has 0 aliphatic carbocycles. The van der Waals surface area contributed by atoms with E-state index in [1.54, 1.807) is 0 Å². The number of fused-ring (bicyclic) bond motifs is 1. The number of hydrogen-bond acceptors (Lipinski definition) is 3. The molecule has 0 radical (unpaired) electrons. The minimum absolute atomic E-state index is 0.0954. The fraction of sp³-hybridized carbons (Fsp3) is 0.267. The van der Waals surface area contributed by atoms with Gasteiger partial charge in [0.05, 0.1) is 23.2 Å². The summed E-state index contributed by atoms with van der Waals surface area (Å²) in [5, 5.41) is 3.70. The van der Waals surface area contributed by atoms with Gasteiger partial charge in [-0.15, -0.1) is 0 Å². The van der Waals surface area contributed by atoms with Gasteiger partial charge < -0.3 is 0 Å². The summed E-state index contributed by atoms with van der Waals surface area (Å²) in [5.74, 6) is 0. The Bertz CT molecular complexity index is 1050. The van der Waals surface area contributed by atoms with Crippen molar-refractivity contribution in [2.24, 2.45) is 0 Å². The summed E-state index contributed by atoms with van der Waals surface area (Å²) < 4.78 is 78.8. The third-order valence-electron chi connectivity index (χ3n) is 3.60. The van der Waals surface area contributed by atoms with Crippen LogP contribution in [0.3, 0.4) is 0 Å². The van der Waals surface area contributed by atoms with Crippen LogP contribution < -0.4 is 5.56 Å². The summed E-state index contributed by atoms with van der Waals surface area (Å²) in [6, 6.07) is 2.42. The predicted octanol–water partition coefficient (Wildman–Crippen LogP) is 4.18. The lowest BCUT2D eigenvalue weighted by Crippen LogP contribution is -2.24. The van der Waals surface area contributed by atoms with Crippen molar-refractivity contribution in [3.63, 3.8) is 0 Å². The summed E-state index contributed by atoms with van der Waals surface area (Å²) in [6.07, 6.45) is -7.70. The SMILES string of the molecule is O=c1c(-c2cnn(CCC(F)(F)F)c2)c(C(F)(F)F)nc2ccc(Cl)cn12. The number of hydrogen-bond donors (Lipinski definition) is 0. The molecule has 3 heterocycles. The molecule has 0 atom stereocenters. The van der Waals surface area contributed by atoms with E-state index in [1.165, 1.54) is 6.07 Å². The van der Waals surface area contributed by atoms with E-state index in [0.29, 0.717) is 0 Å². The first-order valence-electron chi connectivity index (χ1n) is 7.34. The monoisotopic (exact) mass is 410 g/mol. The fourth-order valence-corrected chi connectivity index (χ4v) is 2.60. The number of alkyl halides is 6. The van der Waals surface area contributed by atoms with Crippen molar-refractivity contribution in [2.75, 3.05) is 0 Å². The van der Waals surface area contributed by atoms with Gasteiger partial charge in [-0.25, -0.2) is 4.98 Å². The van der Waals surface area contributed by atoms with Gasteiger partial charge in [-0.1, -0.05) is 11.6 Å². The van der Waals surface area contributed by atoms with Crippen molar-refractivity contribution in [3.05, 3.63) is 51.8 Å². The molecule has 0 aliphatic heterocycles. The molecule has 0 aliphatic rings. The van der Waals surface area contributed by atoms with Gasteiger partial charge in [-0.3, -0.25) is 13.9 Å². The topological polar surface area (TPSA) is 52.2 Å². The average Bonchev–Trinajstić information content (AvgIpc) is 3.00. The van der Waals surface area contributed by atoms with E-state index in [9.17, 15) is 31.1 Å². The van der Waals surface area contributed by atoms with E-state index in [2.05, 4.69) is 10.1 Å². The van der Waals surface area contributed by atoms with Crippen LogP contribution in [0.2, 0.25) is 5.02 Å². The molecule has 0 N–H and O–H groups in total. The highest BCUT2D eigenvalue weighted by atomic mass is 35.5. The first kappa shape index (κ1) is 19.2. The number of halogens is 7. The molecule has 0 amide bonds. The van der Waals surface area contributed by atoms with Crippen LogP contribution in [0.1, 0.15) is 12.1 Å². The second-order valence-corrected chi connectivity index (χ2v) is 6.01. The van der Waals surface area contributed by atoms with Crippen LogP contribution in [0.15, 0.2) is 35.5 Å². The zero-order chi connectivity index (χ0) is 20.0. The Labute approximate surface area is 151 Å². The van der Waals surface area contributed by atoms with Crippen molar-refractivity contribution >= 4 is 17.2 Å². The second kappa shape index (κ2) is 6.55. The molecular weight excluding hydrogens is 402 g/mol. The lowest BCUT2D eigenvalue weighted by Gasteiger charge is -2.12. The first-order chi connectivity index (χ1) is 12.5. The maximum absolute atomic E-state index is 13.4. The Morgan fingerprint density at radius 1 is 1.07 bits per heavy atom. The molecule has 27 heavy (non-hydrogen) atoms. The fourth-order valence-electron chi connectivity index (χ4n) is 2.43. The van der Waals surface area contributed by atoms with Crippen LogP contribution >= 0.6 is 11.6 Å². The van der Waals surface area contributed by atoms with Crippen LogP contribution in [0.4, 0.5) is 26.3 Å². The summed E-state index contributed by atoms with van der Waals surface area (Å²) in [5.41, 5.74) is -3.91. The molecule has 0 aromatic carbocycles. The van der Waals surface area contributed by atoms with Crippen molar-refractivity contribution in [1.82, 2.24) is 19.2 Å². The maximum Gasteiger partial charge on any atom is 0.434 e. The van der Waals surface area contributed by atoms with E-state index in [-0.39, 0.29) is 16.2 Å². The molecular formula is C15H9ClF6N4O. The lowest BCUT2D eigenvalue weighted by molar-refractivity contribution is -0.140. The van der Waals surface area contributed by atoms with E-state index in [4.69, 9.17) is 11.6 Å². The van der Waals surface area contributed by atoms with E-state index >= 15 is 0 Å². The van der Waals surface area contributed by atoms with Gasteiger partial charge in [-0.2, -0.15) is 31.4 Å². The van der Waals surface area contributed by atoms with Crippen LogP contribution in [0.5, 0.6) is 0 Å². The highest BCUT2D eigenvalue weighted by molar-refractivity contribution is 6.30. The zero-order valence-corrected chi connectivity index (χ0v) is 13.9. The molecule has 0 bridgehead atoms. The molecule has 144 valence electrons. The van der Waals surface area contributed by atoms with Crippen LogP contribution in [0, 0.1) is 0 Å². The van der Waals surface area contributed by atoms with Gasteiger partial charge in [0, 0.05) is 24.5 Å². The van der Waals surface area contributed by atoms with Gasteiger partial charge in [0.25, 0.3) is 5.56 Å². The molecule has 0 fully saturated rings. The first-order valence-corrected chi connectivity index (χ1v) is 7.72. The van der Waals surface area contributed by atoms with Crippen LogP contribution in [-0.4, -0.2) is 25.3 Å². The smallest absolute Gasteiger partial charge is 0.272 e. The number of aryl methyl sites for hydroxylation is 1. The minimum atomic E-state index is -4.96. The predicted molar refractivity (Wildman–Crippen MR) is 83.4 cm³/mol. The largest absolute Gasteiger partial charge is 0.434 e. The highest BCUT2D eigenvalue weighted by Gasteiger charge is 2.38. The van der Waals surface area contributed by atoms with Gasteiger partial charge in [-0.05, 0) is 12.1 Å². The molecule has 3 aromatic heterocycles. The number of pyridine rings is 1. The summed E-state index contributed by atoms with van der Waals surface area (Å²) in [6.45, 7) is -0.598. The molecule has 0 spiro atoms. The maximum atomic E-state index is 13.4. The molecule has 5 nitrogen and oxygen atoms in total. The quantitative estimate of drug-likeness (QED) is 0.609. The Kier molecular flexibility index (Phi) is 4.66. The zero-order valence-electron chi connectivity index (χ0n) is 13.1. The lowest BCUT2D eigenvalue weighted by atomic mass is 10.1. The third-order valence-corrected chi connectivity index (χ3v) is 3.83. The Morgan fingerprint density at radius 2 is 1.78 bits per heavy atom. The van der Waals surface area contributed by atoms with Gasteiger partial charge >= 0.3 is 12.4 Å². The van der Waals surface area contributed by atoms with E-state index in [0.717, 1.165) is 33.7 Å². The van der Waals surface area contributed by atoms with Crippen molar-refractivity contribution in [3.8, 4) is 11.1 Å². The van der Waals surface area contributed by atoms with Gasteiger partial charge in [0.1, 0.15) is 5.65 Å². The Balaban J connectivity index is 2.17.